The van der Waals surface area contributed by atoms with E-state index in [2.05, 4.69) is 5.32 Å². The molecule has 0 aliphatic carbocycles. The number of carbonyl (C=O) groups excluding carboxylic acids is 1. The number of hydrogen-bond acceptors (Lipinski definition) is 4. The molecule has 0 radical (unpaired) electrons. The fraction of sp³-hybridized carbons (Fsp3) is 0. The van der Waals surface area contributed by atoms with E-state index in [1.807, 2.05) is 6.07 Å². The number of nitrogens with zero attached hydrogens (tertiary/aromatic N) is 1. The van der Waals surface area contributed by atoms with E-state index in [9.17, 15) is 14.9 Å². The van der Waals surface area contributed by atoms with Crippen LogP contribution in [-0.2, 0) is 0 Å². The average molecular weight is 248 g/mol. The predicted molar refractivity (Wildman–Crippen MR) is 65.4 cm³/mol. The third kappa shape index (κ3) is 2.67. The summed E-state index contributed by atoms with van der Waals surface area (Å²) in [6.07, 6.45) is 0. The quantitative estimate of drug-likeness (QED) is 0.670. The number of amides is 1. The van der Waals surface area contributed by atoms with Gasteiger partial charge in [-0.15, -0.1) is 0 Å². The third-order valence-corrected chi connectivity index (χ3v) is 2.94. The molecule has 1 N–H and O–H groups in total. The molecule has 2 aromatic rings. The summed E-state index contributed by atoms with van der Waals surface area (Å²) in [4.78, 5) is 21.7. The lowest BCUT2D eigenvalue weighted by Crippen LogP contribution is -2.10. The summed E-state index contributed by atoms with van der Waals surface area (Å²) in [6, 6.07) is 10.2. The summed E-state index contributed by atoms with van der Waals surface area (Å²) >= 11 is 0.937. The Morgan fingerprint density at radius 2 is 2.00 bits per heavy atom. The molecule has 17 heavy (non-hydrogen) atoms. The first-order valence-electron chi connectivity index (χ1n) is 4.76. The molecule has 0 fully saturated rings. The van der Waals surface area contributed by atoms with E-state index >= 15 is 0 Å². The Morgan fingerprint density at radius 1 is 1.29 bits per heavy atom. The highest BCUT2D eigenvalue weighted by Crippen LogP contribution is 2.23. The molecule has 0 atom stereocenters. The second-order valence-corrected chi connectivity index (χ2v) is 4.14. The van der Waals surface area contributed by atoms with Gasteiger partial charge < -0.3 is 5.32 Å². The van der Waals surface area contributed by atoms with E-state index in [4.69, 9.17) is 0 Å². The van der Waals surface area contributed by atoms with Gasteiger partial charge in [-0.05, 0) is 12.1 Å². The van der Waals surface area contributed by atoms with E-state index in [0.717, 1.165) is 11.3 Å². The second-order valence-electron chi connectivity index (χ2n) is 3.25. The van der Waals surface area contributed by atoms with Gasteiger partial charge >= 0.3 is 5.00 Å². The number of nitro groups is 1. The van der Waals surface area contributed by atoms with Crippen LogP contribution in [-0.4, -0.2) is 10.8 Å². The average Bonchev–Trinajstić information content (AvgIpc) is 2.79. The van der Waals surface area contributed by atoms with Gasteiger partial charge in [0, 0.05) is 17.1 Å². The van der Waals surface area contributed by atoms with Crippen LogP contribution in [0.2, 0.25) is 0 Å². The molecular weight excluding hydrogens is 240 g/mol. The number of anilines is 1. The Bertz CT molecular complexity index is 551. The number of carbonyl (C=O) groups is 1. The maximum Gasteiger partial charge on any atom is 0.324 e. The smallest absolute Gasteiger partial charge is 0.322 e. The van der Waals surface area contributed by atoms with Crippen molar-refractivity contribution in [3.63, 3.8) is 0 Å². The maximum atomic E-state index is 11.7. The Morgan fingerprint density at radius 3 is 2.59 bits per heavy atom. The van der Waals surface area contributed by atoms with Crippen molar-refractivity contribution in [2.45, 2.75) is 0 Å². The lowest BCUT2D eigenvalue weighted by molar-refractivity contribution is -0.380. The molecule has 1 aromatic heterocycles. The highest BCUT2D eigenvalue weighted by Gasteiger charge is 2.14. The highest BCUT2D eigenvalue weighted by atomic mass is 32.1. The zero-order chi connectivity index (χ0) is 12.3. The lowest BCUT2D eigenvalue weighted by atomic mass is 10.3. The molecule has 0 bridgehead atoms. The molecule has 1 heterocycles. The van der Waals surface area contributed by atoms with Gasteiger partial charge in [-0.1, -0.05) is 29.5 Å². The molecule has 6 heteroatoms. The maximum absolute atomic E-state index is 11.7. The summed E-state index contributed by atoms with van der Waals surface area (Å²) in [5, 5.41) is 14.6. The van der Waals surface area contributed by atoms with Crippen LogP contribution in [0.15, 0.2) is 41.8 Å². The van der Waals surface area contributed by atoms with Crippen LogP contribution >= 0.6 is 11.3 Å². The molecule has 1 amide bonds. The van der Waals surface area contributed by atoms with E-state index in [1.165, 1.54) is 11.4 Å². The van der Waals surface area contributed by atoms with E-state index in [-0.39, 0.29) is 10.9 Å². The summed E-state index contributed by atoms with van der Waals surface area (Å²) in [5.41, 5.74) is 0.955. The minimum absolute atomic E-state index is 0.0387. The van der Waals surface area contributed by atoms with Crippen LogP contribution < -0.4 is 5.32 Å². The van der Waals surface area contributed by atoms with Gasteiger partial charge in [-0.2, -0.15) is 0 Å². The zero-order valence-electron chi connectivity index (χ0n) is 8.62. The molecule has 5 nitrogen and oxygen atoms in total. The van der Waals surface area contributed by atoms with Gasteiger partial charge in [0.1, 0.15) is 0 Å². The fourth-order valence-corrected chi connectivity index (χ4v) is 1.97. The Hall–Kier alpha value is -2.21. The third-order valence-electron chi connectivity index (χ3n) is 2.06. The number of hydrogen-bond donors (Lipinski definition) is 1. The topological polar surface area (TPSA) is 72.2 Å². The van der Waals surface area contributed by atoms with E-state index < -0.39 is 4.92 Å². The Kier molecular flexibility index (Phi) is 3.15. The summed E-state index contributed by atoms with van der Waals surface area (Å²) in [5.74, 6) is -0.347. The molecule has 0 saturated carbocycles. The molecule has 86 valence electrons. The first-order chi connectivity index (χ1) is 8.16. The van der Waals surface area contributed by atoms with Crippen LogP contribution in [0.1, 0.15) is 10.4 Å². The van der Waals surface area contributed by atoms with Gasteiger partial charge in [0.25, 0.3) is 5.91 Å². The minimum atomic E-state index is -0.510. The second kappa shape index (κ2) is 4.75. The van der Waals surface area contributed by atoms with Crippen LogP contribution in [0, 0.1) is 10.1 Å². The highest BCUT2D eigenvalue weighted by molar-refractivity contribution is 7.13. The van der Waals surface area contributed by atoms with Crippen LogP contribution in [0.3, 0.4) is 0 Å². The normalized spacial score (nSPS) is 9.88. The van der Waals surface area contributed by atoms with Crippen molar-refractivity contribution >= 4 is 27.9 Å². The SMILES string of the molecule is O=C(Nc1ccccc1)c1csc([N+](=O)[O-])c1. The molecule has 0 saturated heterocycles. The molecule has 0 unspecified atom stereocenters. The Balaban J connectivity index is 2.12. The lowest BCUT2D eigenvalue weighted by Gasteiger charge is -2.01. The molecule has 1 aromatic carbocycles. The predicted octanol–water partition coefficient (Wildman–Crippen LogP) is 2.91. The van der Waals surface area contributed by atoms with Crippen LogP contribution in [0.5, 0.6) is 0 Å². The molecule has 0 aliphatic rings. The molecule has 0 spiro atoms. The van der Waals surface area contributed by atoms with Crippen molar-refractivity contribution in [1.82, 2.24) is 0 Å². The van der Waals surface area contributed by atoms with Gasteiger partial charge in [-0.3, -0.25) is 14.9 Å². The van der Waals surface area contributed by atoms with Gasteiger partial charge in [0.2, 0.25) is 0 Å². The number of rotatable bonds is 3. The van der Waals surface area contributed by atoms with Gasteiger partial charge in [0.15, 0.2) is 0 Å². The summed E-state index contributed by atoms with van der Waals surface area (Å²) < 4.78 is 0. The zero-order valence-corrected chi connectivity index (χ0v) is 9.44. The van der Waals surface area contributed by atoms with Crippen LogP contribution in [0.25, 0.3) is 0 Å². The Labute approximate surface area is 101 Å². The fourth-order valence-electron chi connectivity index (χ4n) is 1.26. The van der Waals surface area contributed by atoms with Crippen molar-refractivity contribution < 1.29 is 9.72 Å². The van der Waals surface area contributed by atoms with Crippen molar-refractivity contribution in [2.24, 2.45) is 0 Å². The van der Waals surface area contributed by atoms with Crippen LogP contribution in [0.4, 0.5) is 10.7 Å². The number of para-hydroxylation sites is 1. The van der Waals surface area contributed by atoms with Crippen molar-refractivity contribution in [1.29, 1.82) is 0 Å². The van der Waals surface area contributed by atoms with E-state index in [1.54, 1.807) is 24.3 Å². The number of thiophene rings is 1. The van der Waals surface area contributed by atoms with Gasteiger partial charge in [-0.25, -0.2) is 0 Å². The van der Waals surface area contributed by atoms with Gasteiger partial charge in [0.05, 0.1) is 10.5 Å². The first kappa shape index (κ1) is 11.3. The number of nitrogens with one attached hydrogen (secondary N) is 1. The van der Waals surface area contributed by atoms with Crippen molar-refractivity contribution in [3.8, 4) is 0 Å². The standard InChI is InChI=1S/C11H8N2O3S/c14-11(12-9-4-2-1-3-5-9)8-6-10(13(15)16)17-7-8/h1-7H,(H,12,14). The number of benzene rings is 1. The minimum Gasteiger partial charge on any atom is -0.322 e. The van der Waals surface area contributed by atoms with Crippen molar-refractivity contribution in [3.05, 3.63) is 57.5 Å². The first-order valence-corrected chi connectivity index (χ1v) is 5.64. The molecular formula is C11H8N2O3S. The van der Waals surface area contributed by atoms with E-state index in [0.29, 0.717) is 11.3 Å². The molecule has 0 aliphatic heterocycles. The molecule has 2 rings (SSSR count). The monoisotopic (exact) mass is 248 g/mol. The largest absolute Gasteiger partial charge is 0.324 e. The summed E-state index contributed by atoms with van der Waals surface area (Å²) in [6.45, 7) is 0. The van der Waals surface area contributed by atoms with Crippen molar-refractivity contribution in [2.75, 3.05) is 5.32 Å². The summed E-state index contributed by atoms with van der Waals surface area (Å²) in [7, 11) is 0.